The zero-order valence-electron chi connectivity index (χ0n) is 15.7. The SMILES string of the molecule is COc1ccc(Cl)cc1NC(=O)CSc1nnc2ccc(-c3ccc(Br)cc3)nn12. The van der Waals surface area contributed by atoms with Gasteiger partial charge in [0, 0.05) is 15.1 Å². The highest BCUT2D eigenvalue weighted by molar-refractivity contribution is 9.10. The van der Waals surface area contributed by atoms with Crippen molar-refractivity contribution < 1.29 is 9.53 Å². The maximum Gasteiger partial charge on any atom is 0.234 e. The zero-order chi connectivity index (χ0) is 21.1. The number of thioether (sulfide) groups is 1. The Hall–Kier alpha value is -2.62. The van der Waals surface area contributed by atoms with Crippen molar-refractivity contribution in [2.24, 2.45) is 0 Å². The largest absolute Gasteiger partial charge is 0.495 e. The minimum absolute atomic E-state index is 0.126. The molecule has 0 fully saturated rings. The number of nitrogens with zero attached hydrogens (tertiary/aromatic N) is 4. The Kier molecular flexibility index (Phi) is 6.21. The summed E-state index contributed by atoms with van der Waals surface area (Å²) in [6.45, 7) is 0. The van der Waals surface area contributed by atoms with Crippen LogP contribution < -0.4 is 10.1 Å². The zero-order valence-corrected chi connectivity index (χ0v) is 18.8. The van der Waals surface area contributed by atoms with E-state index in [1.807, 2.05) is 36.4 Å². The van der Waals surface area contributed by atoms with E-state index in [-0.39, 0.29) is 11.7 Å². The van der Waals surface area contributed by atoms with Crippen molar-refractivity contribution in [3.8, 4) is 17.0 Å². The smallest absolute Gasteiger partial charge is 0.234 e. The number of aromatic nitrogens is 4. The van der Waals surface area contributed by atoms with E-state index in [2.05, 4.69) is 36.5 Å². The van der Waals surface area contributed by atoms with Gasteiger partial charge in [-0.05, 0) is 42.5 Å². The van der Waals surface area contributed by atoms with Crippen LogP contribution in [0.25, 0.3) is 16.9 Å². The maximum atomic E-state index is 12.4. The fourth-order valence-corrected chi connectivity index (χ4v) is 3.85. The van der Waals surface area contributed by atoms with Gasteiger partial charge in [0.05, 0.1) is 24.2 Å². The summed E-state index contributed by atoms with van der Waals surface area (Å²) in [6, 6.07) is 16.6. The predicted molar refractivity (Wildman–Crippen MR) is 121 cm³/mol. The lowest BCUT2D eigenvalue weighted by Crippen LogP contribution is -2.15. The number of nitrogens with one attached hydrogen (secondary N) is 1. The average Bonchev–Trinajstić information content (AvgIpc) is 3.15. The summed E-state index contributed by atoms with van der Waals surface area (Å²) in [7, 11) is 1.53. The van der Waals surface area contributed by atoms with Gasteiger partial charge in [-0.1, -0.05) is 51.4 Å². The summed E-state index contributed by atoms with van der Waals surface area (Å²) in [4.78, 5) is 12.4. The second-order valence-corrected chi connectivity index (χ2v) is 8.45. The number of amides is 1. The number of benzene rings is 2. The average molecular weight is 505 g/mol. The summed E-state index contributed by atoms with van der Waals surface area (Å²) in [5.74, 6) is 0.438. The molecule has 10 heteroatoms. The van der Waals surface area contributed by atoms with Crippen molar-refractivity contribution in [3.63, 3.8) is 0 Å². The van der Waals surface area contributed by atoms with Crippen molar-refractivity contribution in [1.29, 1.82) is 0 Å². The van der Waals surface area contributed by atoms with Crippen molar-refractivity contribution in [2.45, 2.75) is 5.16 Å². The molecule has 0 aliphatic heterocycles. The van der Waals surface area contributed by atoms with Gasteiger partial charge in [0.25, 0.3) is 0 Å². The van der Waals surface area contributed by atoms with E-state index in [1.165, 1.54) is 18.9 Å². The first-order valence-electron chi connectivity index (χ1n) is 8.78. The molecule has 1 N–H and O–H groups in total. The van der Waals surface area contributed by atoms with Crippen molar-refractivity contribution in [3.05, 3.63) is 64.1 Å². The molecule has 30 heavy (non-hydrogen) atoms. The molecule has 0 radical (unpaired) electrons. The van der Waals surface area contributed by atoms with Crippen LogP contribution >= 0.6 is 39.3 Å². The number of anilines is 1. The molecule has 0 saturated heterocycles. The van der Waals surface area contributed by atoms with E-state index in [0.29, 0.717) is 27.3 Å². The Labute approximate surface area is 189 Å². The van der Waals surface area contributed by atoms with Crippen molar-refractivity contribution in [1.82, 2.24) is 19.8 Å². The van der Waals surface area contributed by atoms with Crippen LogP contribution in [0.4, 0.5) is 5.69 Å². The lowest BCUT2D eigenvalue weighted by molar-refractivity contribution is -0.113. The van der Waals surface area contributed by atoms with Gasteiger partial charge < -0.3 is 10.1 Å². The van der Waals surface area contributed by atoms with Gasteiger partial charge in [-0.25, -0.2) is 0 Å². The third-order valence-electron chi connectivity index (χ3n) is 4.14. The van der Waals surface area contributed by atoms with Crippen LogP contribution in [0.1, 0.15) is 0 Å². The molecule has 4 aromatic rings. The minimum Gasteiger partial charge on any atom is -0.495 e. The Morgan fingerprint density at radius 2 is 1.97 bits per heavy atom. The lowest BCUT2D eigenvalue weighted by Gasteiger charge is -2.10. The van der Waals surface area contributed by atoms with Gasteiger partial charge in [0.2, 0.25) is 11.1 Å². The Morgan fingerprint density at radius 1 is 1.17 bits per heavy atom. The summed E-state index contributed by atoms with van der Waals surface area (Å²) in [5.41, 5.74) is 2.87. The number of hydrogen-bond acceptors (Lipinski definition) is 6. The molecule has 2 heterocycles. The maximum absolute atomic E-state index is 12.4. The van der Waals surface area contributed by atoms with Gasteiger partial charge in [0.1, 0.15) is 5.75 Å². The first-order chi connectivity index (χ1) is 14.5. The second kappa shape index (κ2) is 9.03. The molecule has 0 atom stereocenters. The van der Waals surface area contributed by atoms with Crippen LogP contribution in [0.2, 0.25) is 5.02 Å². The van der Waals surface area contributed by atoms with E-state index in [1.54, 1.807) is 22.7 Å². The van der Waals surface area contributed by atoms with Gasteiger partial charge in [0.15, 0.2) is 5.65 Å². The molecule has 0 saturated carbocycles. The third-order valence-corrected chi connectivity index (χ3v) is 5.83. The summed E-state index contributed by atoms with van der Waals surface area (Å²) in [6.07, 6.45) is 0. The molecule has 4 rings (SSSR count). The normalized spacial score (nSPS) is 10.9. The molecule has 0 bridgehead atoms. The Bertz CT molecular complexity index is 1220. The Balaban J connectivity index is 1.50. The first kappa shape index (κ1) is 20.6. The van der Waals surface area contributed by atoms with Crippen molar-refractivity contribution in [2.75, 3.05) is 18.2 Å². The van der Waals surface area contributed by atoms with E-state index in [0.717, 1.165) is 15.7 Å². The summed E-state index contributed by atoms with van der Waals surface area (Å²) >= 11 is 10.7. The van der Waals surface area contributed by atoms with Crippen LogP contribution in [0.3, 0.4) is 0 Å². The predicted octanol–water partition coefficient (Wildman–Crippen LogP) is 4.95. The van der Waals surface area contributed by atoms with Crippen LogP contribution in [-0.4, -0.2) is 38.6 Å². The summed E-state index contributed by atoms with van der Waals surface area (Å²) < 4.78 is 7.88. The molecule has 7 nitrogen and oxygen atoms in total. The van der Waals surface area contributed by atoms with Crippen LogP contribution in [0.15, 0.2) is 64.2 Å². The summed E-state index contributed by atoms with van der Waals surface area (Å²) in [5, 5.41) is 16.7. The number of methoxy groups -OCH3 is 1. The quantitative estimate of drug-likeness (QED) is 0.374. The number of rotatable bonds is 6. The number of fused-ring (bicyclic) bond motifs is 1. The lowest BCUT2D eigenvalue weighted by atomic mass is 10.1. The molecule has 152 valence electrons. The third kappa shape index (κ3) is 4.58. The Morgan fingerprint density at radius 3 is 2.73 bits per heavy atom. The fraction of sp³-hybridized carbons (Fsp3) is 0.100. The van der Waals surface area contributed by atoms with Gasteiger partial charge >= 0.3 is 0 Å². The highest BCUT2D eigenvalue weighted by atomic mass is 79.9. The molecule has 1 amide bonds. The molecule has 2 aromatic carbocycles. The monoisotopic (exact) mass is 503 g/mol. The minimum atomic E-state index is -0.221. The van der Waals surface area contributed by atoms with Crippen LogP contribution in [0.5, 0.6) is 5.75 Å². The molecule has 0 aliphatic carbocycles. The standard InChI is InChI=1S/C20H15BrClN5O2S/c1-29-17-8-6-14(22)10-16(17)23-19(28)11-30-20-25-24-18-9-7-15(26-27(18)20)12-2-4-13(21)5-3-12/h2-10H,11H2,1H3,(H,23,28). The van der Waals surface area contributed by atoms with Gasteiger partial charge in [-0.15, -0.1) is 10.2 Å². The van der Waals surface area contributed by atoms with E-state index < -0.39 is 0 Å². The molecule has 2 aromatic heterocycles. The highest BCUT2D eigenvalue weighted by Gasteiger charge is 2.13. The van der Waals surface area contributed by atoms with Crippen molar-refractivity contribution >= 4 is 56.5 Å². The fourth-order valence-electron chi connectivity index (χ4n) is 2.73. The molecule has 0 unspecified atom stereocenters. The van der Waals surface area contributed by atoms with E-state index in [9.17, 15) is 4.79 Å². The first-order valence-corrected chi connectivity index (χ1v) is 10.9. The van der Waals surface area contributed by atoms with E-state index in [4.69, 9.17) is 16.3 Å². The molecular weight excluding hydrogens is 490 g/mol. The topological polar surface area (TPSA) is 81.4 Å². The number of halogens is 2. The second-order valence-electron chi connectivity index (χ2n) is 6.16. The van der Waals surface area contributed by atoms with Gasteiger partial charge in [-0.3, -0.25) is 4.79 Å². The number of ether oxygens (including phenoxy) is 1. The highest BCUT2D eigenvalue weighted by Crippen LogP contribution is 2.28. The molecule has 0 aliphatic rings. The number of carbonyl (C=O) groups is 1. The molecular formula is C20H15BrClN5O2S. The van der Waals surface area contributed by atoms with E-state index >= 15 is 0 Å². The molecule has 0 spiro atoms. The van der Waals surface area contributed by atoms with Gasteiger partial charge in [-0.2, -0.15) is 9.61 Å². The number of hydrogen-bond donors (Lipinski definition) is 1. The number of carbonyl (C=O) groups excluding carboxylic acids is 1. The van der Waals surface area contributed by atoms with Crippen LogP contribution in [0, 0.1) is 0 Å². The van der Waals surface area contributed by atoms with Crippen LogP contribution in [-0.2, 0) is 4.79 Å².